The molecule has 1 fully saturated rings. The summed E-state index contributed by atoms with van der Waals surface area (Å²) in [7, 11) is -3.89. The molecule has 0 saturated heterocycles. The molecule has 0 bridgehead atoms. The van der Waals surface area contributed by atoms with Gasteiger partial charge >= 0.3 is 12.0 Å². The lowest BCUT2D eigenvalue weighted by molar-refractivity contribution is -0.123. The first-order chi connectivity index (χ1) is 14.2. The van der Waals surface area contributed by atoms with Gasteiger partial charge in [0.15, 0.2) is 6.61 Å². The lowest BCUT2D eigenvalue weighted by Crippen LogP contribution is -2.45. The maximum Gasteiger partial charge on any atom is 0.338 e. The standard InChI is InChI=1S/C19H26ClN3O6S/c1-3-23(4-2)30(27,28)16-11-13(9-10-15(16)20)18(25)29-12-17(24)22-19(26)21-14-7-5-6-8-14/h9-11,14H,3-8,12H2,1-2H3,(H2,21,22,24,26). The van der Waals surface area contributed by atoms with Crippen LogP contribution in [0.5, 0.6) is 0 Å². The molecule has 9 nitrogen and oxygen atoms in total. The molecule has 2 rings (SSSR count). The third-order valence-electron chi connectivity index (χ3n) is 4.77. The zero-order valence-corrected chi connectivity index (χ0v) is 18.5. The Kier molecular flexibility index (Phi) is 8.63. The van der Waals surface area contributed by atoms with Gasteiger partial charge in [-0.05, 0) is 31.0 Å². The minimum absolute atomic E-state index is 0.0280. The molecule has 0 heterocycles. The molecule has 0 spiro atoms. The van der Waals surface area contributed by atoms with Gasteiger partial charge in [0.25, 0.3) is 5.91 Å². The average molecular weight is 460 g/mol. The Morgan fingerprint density at radius 3 is 2.40 bits per heavy atom. The second kappa shape index (κ2) is 10.7. The van der Waals surface area contributed by atoms with Gasteiger partial charge < -0.3 is 10.1 Å². The van der Waals surface area contributed by atoms with Crippen LogP contribution in [-0.2, 0) is 19.6 Å². The molecule has 0 aliphatic heterocycles. The zero-order chi connectivity index (χ0) is 22.3. The Labute approximate surface area is 181 Å². The number of sulfonamides is 1. The van der Waals surface area contributed by atoms with Gasteiger partial charge in [0.1, 0.15) is 4.90 Å². The van der Waals surface area contributed by atoms with Crippen molar-refractivity contribution in [3.05, 3.63) is 28.8 Å². The molecule has 2 N–H and O–H groups in total. The summed E-state index contributed by atoms with van der Waals surface area (Å²) in [5, 5.41) is 4.75. The minimum Gasteiger partial charge on any atom is -0.452 e. The number of halogens is 1. The Morgan fingerprint density at radius 2 is 1.80 bits per heavy atom. The molecule has 166 valence electrons. The molecule has 0 atom stereocenters. The third kappa shape index (κ3) is 6.16. The van der Waals surface area contributed by atoms with Gasteiger partial charge in [-0.3, -0.25) is 10.1 Å². The highest BCUT2D eigenvalue weighted by molar-refractivity contribution is 7.89. The van der Waals surface area contributed by atoms with E-state index in [0.717, 1.165) is 31.7 Å². The van der Waals surface area contributed by atoms with Gasteiger partial charge in [-0.2, -0.15) is 4.31 Å². The summed E-state index contributed by atoms with van der Waals surface area (Å²) in [4.78, 5) is 35.6. The van der Waals surface area contributed by atoms with E-state index in [0.29, 0.717) is 0 Å². The van der Waals surface area contributed by atoms with Crippen LogP contribution >= 0.6 is 11.6 Å². The summed E-state index contributed by atoms with van der Waals surface area (Å²) in [6, 6.07) is 3.10. The number of carbonyl (C=O) groups excluding carboxylic acids is 3. The van der Waals surface area contributed by atoms with Crippen LogP contribution in [0, 0.1) is 0 Å². The number of imide groups is 1. The Morgan fingerprint density at radius 1 is 1.17 bits per heavy atom. The van der Waals surface area contributed by atoms with Crippen molar-refractivity contribution in [1.82, 2.24) is 14.9 Å². The monoisotopic (exact) mass is 459 g/mol. The number of nitrogens with one attached hydrogen (secondary N) is 2. The van der Waals surface area contributed by atoms with Crippen molar-refractivity contribution < 1.29 is 27.5 Å². The number of carbonyl (C=O) groups is 3. The number of benzene rings is 1. The van der Waals surface area contributed by atoms with E-state index in [2.05, 4.69) is 10.6 Å². The van der Waals surface area contributed by atoms with Gasteiger partial charge in [0.2, 0.25) is 10.0 Å². The van der Waals surface area contributed by atoms with Crippen LogP contribution in [0.3, 0.4) is 0 Å². The van der Waals surface area contributed by atoms with Crippen LogP contribution in [0.25, 0.3) is 0 Å². The molecular formula is C19H26ClN3O6S. The van der Waals surface area contributed by atoms with Crippen LogP contribution < -0.4 is 10.6 Å². The van der Waals surface area contributed by atoms with Crippen LogP contribution in [-0.4, -0.2) is 56.4 Å². The van der Waals surface area contributed by atoms with Crippen molar-refractivity contribution in [2.75, 3.05) is 19.7 Å². The van der Waals surface area contributed by atoms with Crippen LogP contribution in [0.2, 0.25) is 5.02 Å². The van der Waals surface area contributed by atoms with Gasteiger partial charge in [-0.15, -0.1) is 0 Å². The van der Waals surface area contributed by atoms with Gasteiger partial charge in [-0.25, -0.2) is 18.0 Å². The summed E-state index contributed by atoms with van der Waals surface area (Å²) in [6.45, 7) is 3.18. The summed E-state index contributed by atoms with van der Waals surface area (Å²) >= 11 is 6.03. The van der Waals surface area contributed by atoms with E-state index in [1.165, 1.54) is 16.4 Å². The molecule has 0 unspecified atom stereocenters. The molecule has 1 aliphatic rings. The summed E-state index contributed by atoms with van der Waals surface area (Å²) in [6.07, 6.45) is 3.80. The number of urea groups is 1. The van der Waals surface area contributed by atoms with Crippen LogP contribution in [0.1, 0.15) is 49.9 Å². The number of hydrogen-bond acceptors (Lipinski definition) is 6. The van der Waals surface area contributed by atoms with E-state index < -0.39 is 34.5 Å². The van der Waals surface area contributed by atoms with Crippen LogP contribution in [0.15, 0.2) is 23.1 Å². The summed E-state index contributed by atoms with van der Waals surface area (Å²) in [5.41, 5.74) is -0.0756. The molecule has 0 aromatic heterocycles. The predicted molar refractivity (Wildman–Crippen MR) is 111 cm³/mol. The summed E-state index contributed by atoms with van der Waals surface area (Å²) < 4.78 is 31.5. The van der Waals surface area contributed by atoms with Crippen molar-refractivity contribution in [3.63, 3.8) is 0 Å². The number of amides is 3. The molecule has 1 aliphatic carbocycles. The Balaban J connectivity index is 1.98. The SMILES string of the molecule is CCN(CC)S(=O)(=O)c1cc(C(=O)OCC(=O)NC(=O)NC2CCCC2)ccc1Cl. The third-order valence-corrected chi connectivity index (χ3v) is 7.30. The largest absolute Gasteiger partial charge is 0.452 e. The highest BCUT2D eigenvalue weighted by atomic mass is 35.5. The van der Waals surface area contributed by atoms with Crippen molar-refractivity contribution in [3.8, 4) is 0 Å². The first-order valence-corrected chi connectivity index (χ1v) is 11.6. The normalized spacial score (nSPS) is 14.5. The molecule has 30 heavy (non-hydrogen) atoms. The molecule has 1 aromatic rings. The fourth-order valence-corrected chi connectivity index (χ4v) is 5.16. The lowest BCUT2D eigenvalue weighted by Gasteiger charge is -2.19. The lowest BCUT2D eigenvalue weighted by atomic mass is 10.2. The van der Waals surface area contributed by atoms with E-state index in [1.807, 2.05) is 0 Å². The van der Waals surface area contributed by atoms with E-state index >= 15 is 0 Å². The molecular weight excluding hydrogens is 434 g/mol. The fraction of sp³-hybridized carbons (Fsp3) is 0.526. The molecule has 1 aromatic carbocycles. The van der Waals surface area contributed by atoms with E-state index in [1.54, 1.807) is 13.8 Å². The van der Waals surface area contributed by atoms with Crippen molar-refractivity contribution in [1.29, 1.82) is 0 Å². The smallest absolute Gasteiger partial charge is 0.338 e. The van der Waals surface area contributed by atoms with Gasteiger partial charge in [0.05, 0.1) is 10.6 Å². The van der Waals surface area contributed by atoms with E-state index in [-0.39, 0.29) is 34.6 Å². The van der Waals surface area contributed by atoms with Crippen LogP contribution in [0.4, 0.5) is 4.79 Å². The first kappa shape index (κ1) is 24.1. The highest BCUT2D eigenvalue weighted by Crippen LogP contribution is 2.26. The predicted octanol–water partition coefficient (Wildman–Crippen LogP) is 2.30. The number of hydrogen-bond donors (Lipinski definition) is 2. The van der Waals surface area contributed by atoms with Crippen molar-refractivity contribution >= 4 is 39.5 Å². The number of esters is 1. The maximum atomic E-state index is 12.7. The second-order valence-corrected chi connectivity index (χ2v) is 9.13. The Hall–Kier alpha value is -2.17. The van der Waals surface area contributed by atoms with Gasteiger partial charge in [-0.1, -0.05) is 38.3 Å². The zero-order valence-electron chi connectivity index (χ0n) is 16.9. The van der Waals surface area contributed by atoms with Gasteiger partial charge in [0, 0.05) is 19.1 Å². The van der Waals surface area contributed by atoms with Crippen molar-refractivity contribution in [2.24, 2.45) is 0 Å². The topological polar surface area (TPSA) is 122 Å². The second-order valence-electron chi connectivity index (χ2n) is 6.81. The van der Waals surface area contributed by atoms with E-state index in [4.69, 9.17) is 16.3 Å². The number of ether oxygens (including phenoxy) is 1. The summed E-state index contributed by atoms with van der Waals surface area (Å²) in [5.74, 6) is -1.70. The minimum atomic E-state index is -3.89. The molecule has 3 amide bonds. The van der Waals surface area contributed by atoms with E-state index in [9.17, 15) is 22.8 Å². The first-order valence-electron chi connectivity index (χ1n) is 9.76. The Bertz CT molecular complexity index is 896. The number of rotatable bonds is 8. The molecule has 11 heteroatoms. The number of nitrogens with zero attached hydrogens (tertiary/aromatic N) is 1. The van der Waals surface area contributed by atoms with Crippen molar-refractivity contribution in [2.45, 2.75) is 50.5 Å². The average Bonchev–Trinajstić information content (AvgIpc) is 3.19. The molecule has 1 saturated carbocycles. The highest BCUT2D eigenvalue weighted by Gasteiger charge is 2.26. The fourth-order valence-electron chi connectivity index (χ4n) is 3.20. The molecule has 0 radical (unpaired) electrons. The quantitative estimate of drug-likeness (QED) is 0.575. The maximum absolute atomic E-state index is 12.7.